The van der Waals surface area contributed by atoms with Gasteiger partial charge in [-0.1, -0.05) is 152 Å². The second-order valence-electron chi connectivity index (χ2n) is 9.96. The van der Waals surface area contributed by atoms with E-state index in [9.17, 15) is 0 Å². The van der Waals surface area contributed by atoms with Crippen molar-refractivity contribution in [1.29, 1.82) is 0 Å². The van der Waals surface area contributed by atoms with Crippen LogP contribution in [-0.4, -0.2) is 0 Å². The van der Waals surface area contributed by atoms with Gasteiger partial charge in [-0.3, -0.25) is 0 Å². The topological polar surface area (TPSA) is 0 Å². The first-order chi connectivity index (χ1) is 18.7. The predicted molar refractivity (Wildman–Crippen MR) is 161 cm³/mol. The van der Waals surface area contributed by atoms with E-state index in [1.165, 1.54) is 50.1 Å². The van der Waals surface area contributed by atoms with Crippen LogP contribution < -0.4 is 0 Å². The molecule has 0 saturated heterocycles. The molecule has 0 heterocycles. The minimum Gasteiger partial charge on any atom is -0.0622 e. The highest BCUT2D eigenvalue weighted by atomic mass is 14.3. The molecule has 0 amide bonds. The van der Waals surface area contributed by atoms with E-state index >= 15 is 0 Å². The molecule has 0 fully saturated rings. The Morgan fingerprint density at radius 2 is 0.632 bits per heavy atom. The number of benzene rings is 6. The van der Waals surface area contributed by atoms with Crippen molar-refractivity contribution in [1.82, 2.24) is 0 Å². The standard InChI is InChI=1S/C38H30/c1-38(35-25-23-32(24-26-35)29-13-5-2-6-14-29,36-21-11-19-33(27-36)30-15-7-3-8-16-30)37-22-12-20-34(28-37)31-17-9-4-10-18-31/h2-28H,1H3. The van der Waals surface area contributed by atoms with E-state index in [-0.39, 0.29) is 5.41 Å². The van der Waals surface area contributed by atoms with Crippen LogP contribution in [0.25, 0.3) is 33.4 Å². The second kappa shape index (κ2) is 10.4. The van der Waals surface area contributed by atoms with E-state index in [1.54, 1.807) is 0 Å². The summed E-state index contributed by atoms with van der Waals surface area (Å²) in [6.45, 7) is 2.36. The van der Waals surface area contributed by atoms with E-state index in [0.717, 1.165) is 0 Å². The first kappa shape index (κ1) is 23.7. The second-order valence-corrected chi connectivity index (χ2v) is 9.96. The molecule has 0 aliphatic rings. The monoisotopic (exact) mass is 486 g/mol. The van der Waals surface area contributed by atoms with Crippen LogP contribution >= 0.6 is 0 Å². The van der Waals surface area contributed by atoms with Crippen molar-refractivity contribution >= 4 is 0 Å². The Kier molecular flexibility index (Phi) is 6.46. The Hall–Kier alpha value is -4.68. The molecule has 6 aromatic carbocycles. The van der Waals surface area contributed by atoms with Crippen LogP contribution in [-0.2, 0) is 5.41 Å². The van der Waals surface area contributed by atoms with Gasteiger partial charge in [-0.2, -0.15) is 0 Å². The SMILES string of the molecule is CC(c1ccc(-c2ccccc2)cc1)(c1cccc(-c2ccccc2)c1)c1cccc(-c2ccccc2)c1. The smallest absolute Gasteiger partial charge is 0.0423 e. The third kappa shape index (κ3) is 4.58. The van der Waals surface area contributed by atoms with E-state index in [2.05, 4.69) is 171 Å². The molecular weight excluding hydrogens is 456 g/mol. The average molecular weight is 487 g/mol. The molecule has 6 aromatic rings. The molecule has 0 nitrogen and oxygen atoms in total. The van der Waals surface area contributed by atoms with E-state index in [4.69, 9.17) is 0 Å². The third-order valence-corrected chi connectivity index (χ3v) is 7.66. The van der Waals surface area contributed by atoms with Crippen molar-refractivity contribution in [3.05, 3.63) is 180 Å². The van der Waals surface area contributed by atoms with Gasteiger partial charge in [0.05, 0.1) is 0 Å². The lowest BCUT2D eigenvalue weighted by Gasteiger charge is -2.33. The van der Waals surface area contributed by atoms with Gasteiger partial charge in [-0.25, -0.2) is 0 Å². The Morgan fingerprint density at radius 1 is 0.289 bits per heavy atom. The maximum absolute atomic E-state index is 2.36. The van der Waals surface area contributed by atoms with Crippen LogP contribution in [0.1, 0.15) is 23.6 Å². The highest BCUT2D eigenvalue weighted by molar-refractivity contribution is 5.70. The lowest BCUT2D eigenvalue weighted by molar-refractivity contribution is 0.693. The molecule has 0 aliphatic heterocycles. The molecule has 0 bridgehead atoms. The summed E-state index contributed by atoms with van der Waals surface area (Å²) < 4.78 is 0. The van der Waals surface area contributed by atoms with Crippen LogP contribution in [0.5, 0.6) is 0 Å². The lowest BCUT2D eigenvalue weighted by Crippen LogP contribution is -2.25. The molecule has 0 radical (unpaired) electrons. The van der Waals surface area contributed by atoms with Gasteiger partial charge < -0.3 is 0 Å². The van der Waals surface area contributed by atoms with Crippen molar-refractivity contribution < 1.29 is 0 Å². The van der Waals surface area contributed by atoms with E-state index in [0.29, 0.717) is 0 Å². The lowest BCUT2D eigenvalue weighted by atomic mass is 9.70. The highest BCUT2D eigenvalue weighted by Crippen LogP contribution is 2.42. The maximum Gasteiger partial charge on any atom is 0.0423 e. The third-order valence-electron chi connectivity index (χ3n) is 7.66. The number of hydrogen-bond donors (Lipinski definition) is 0. The van der Waals surface area contributed by atoms with Gasteiger partial charge in [-0.05, 0) is 69.1 Å². The Balaban J connectivity index is 1.51. The summed E-state index contributed by atoms with van der Waals surface area (Å²) in [6.07, 6.45) is 0. The van der Waals surface area contributed by atoms with Gasteiger partial charge in [0.2, 0.25) is 0 Å². The normalized spacial score (nSPS) is 11.3. The van der Waals surface area contributed by atoms with Crippen molar-refractivity contribution in [2.45, 2.75) is 12.3 Å². The predicted octanol–water partition coefficient (Wildman–Crippen LogP) is 10.0. The zero-order valence-electron chi connectivity index (χ0n) is 21.6. The summed E-state index contributed by atoms with van der Waals surface area (Å²) in [5, 5.41) is 0. The Bertz CT molecular complexity index is 1550. The quantitative estimate of drug-likeness (QED) is 0.205. The van der Waals surface area contributed by atoms with Crippen LogP contribution in [0, 0.1) is 0 Å². The zero-order valence-corrected chi connectivity index (χ0v) is 21.6. The van der Waals surface area contributed by atoms with E-state index in [1.807, 2.05) is 0 Å². The maximum atomic E-state index is 2.36. The van der Waals surface area contributed by atoms with Crippen LogP contribution in [0.15, 0.2) is 164 Å². The van der Waals surface area contributed by atoms with Crippen LogP contribution in [0.2, 0.25) is 0 Å². The van der Waals surface area contributed by atoms with Gasteiger partial charge in [-0.15, -0.1) is 0 Å². The zero-order chi connectivity index (χ0) is 25.8. The minimum absolute atomic E-state index is 0.342. The molecule has 182 valence electrons. The molecular formula is C38H30. The Morgan fingerprint density at radius 3 is 1.05 bits per heavy atom. The molecule has 0 atom stereocenters. The summed E-state index contributed by atoms with van der Waals surface area (Å²) in [5.74, 6) is 0. The van der Waals surface area contributed by atoms with Crippen molar-refractivity contribution in [3.63, 3.8) is 0 Å². The molecule has 38 heavy (non-hydrogen) atoms. The fourth-order valence-corrected chi connectivity index (χ4v) is 5.41. The molecule has 0 aromatic heterocycles. The summed E-state index contributed by atoms with van der Waals surface area (Å²) in [6, 6.07) is 59.0. The van der Waals surface area contributed by atoms with Gasteiger partial charge in [0.15, 0.2) is 0 Å². The van der Waals surface area contributed by atoms with Crippen LogP contribution in [0.3, 0.4) is 0 Å². The first-order valence-electron chi connectivity index (χ1n) is 13.2. The summed E-state index contributed by atoms with van der Waals surface area (Å²) in [4.78, 5) is 0. The fourth-order valence-electron chi connectivity index (χ4n) is 5.41. The summed E-state index contributed by atoms with van der Waals surface area (Å²) >= 11 is 0. The number of rotatable bonds is 6. The molecule has 0 N–H and O–H groups in total. The Labute approximate surface area is 225 Å². The van der Waals surface area contributed by atoms with Crippen molar-refractivity contribution in [2.24, 2.45) is 0 Å². The van der Waals surface area contributed by atoms with Gasteiger partial charge in [0.1, 0.15) is 0 Å². The summed E-state index contributed by atoms with van der Waals surface area (Å²) in [5.41, 5.74) is 10.9. The van der Waals surface area contributed by atoms with Crippen molar-refractivity contribution in [3.8, 4) is 33.4 Å². The van der Waals surface area contributed by atoms with Gasteiger partial charge in [0, 0.05) is 5.41 Å². The van der Waals surface area contributed by atoms with Crippen molar-refractivity contribution in [2.75, 3.05) is 0 Å². The first-order valence-corrected chi connectivity index (χ1v) is 13.2. The molecule has 6 rings (SSSR count). The molecule has 0 saturated carbocycles. The molecule has 0 unspecified atom stereocenters. The van der Waals surface area contributed by atoms with Crippen LogP contribution in [0.4, 0.5) is 0 Å². The largest absolute Gasteiger partial charge is 0.0622 e. The minimum atomic E-state index is -0.342. The van der Waals surface area contributed by atoms with E-state index < -0.39 is 0 Å². The van der Waals surface area contributed by atoms with Gasteiger partial charge in [0.25, 0.3) is 0 Å². The summed E-state index contributed by atoms with van der Waals surface area (Å²) in [7, 11) is 0. The molecule has 0 spiro atoms. The molecule has 0 heteroatoms. The molecule has 0 aliphatic carbocycles. The average Bonchev–Trinajstić information content (AvgIpc) is 3.02. The van der Waals surface area contributed by atoms with Gasteiger partial charge >= 0.3 is 0 Å². The highest BCUT2D eigenvalue weighted by Gasteiger charge is 2.32. The fraction of sp³-hybridized carbons (Fsp3) is 0.0526. The number of hydrogen-bond acceptors (Lipinski definition) is 0.